The van der Waals surface area contributed by atoms with Crippen LogP contribution in [0, 0.1) is 0 Å². The van der Waals surface area contributed by atoms with Crippen LogP contribution in [0.5, 0.6) is 11.5 Å². The summed E-state index contributed by atoms with van der Waals surface area (Å²) in [6.45, 7) is 24.5. The van der Waals surface area contributed by atoms with Gasteiger partial charge in [-0.2, -0.15) is 0 Å². The molecule has 224 valence electrons. The first-order chi connectivity index (χ1) is 18.1. The van der Waals surface area contributed by atoms with Crippen molar-refractivity contribution in [3.8, 4) is 11.5 Å². The van der Waals surface area contributed by atoms with Gasteiger partial charge in [-0.25, -0.2) is 0 Å². The average molecular weight is 620 g/mol. The minimum Gasteiger partial charge on any atom is -0.545 e. The topological polar surface area (TPSA) is 121 Å². The fourth-order valence-electron chi connectivity index (χ4n) is 4.18. The molecule has 0 unspecified atom stereocenters. The molecule has 0 aromatic heterocycles. The number of carboxylic acids is 2. The molecule has 0 heterocycles. The number of rotatable bonds is 10. The third-order valence-corrected chi connectivity index (χ3v) is 9.22. The van der Waals surface area contributed by atoms with Crippen LogP contribution >= 0.6 is 0 Å². The first-order valence-electron chi connectivity index (χ1n) is 14.3. The largest absolute Gasteiger partial charge is 2.00 e. The number of carbonyl (C=O) groups is 2. The molecule has 0 atom stereocenters. The molecule has 41 heavy (non-hydrogen) atoms. The normalized spacial score (nSPS) is 12.2. The van der Waals surface area contributed by atoms with Gasteiger partial charge in [-0.3, -0.25) is 0 Å². The smallest absolute Gasteiger partial charge is 0.545 e. The van der Waals surface area contributed by atoms with Crippen molar-refractivity contribution in [2.24, 2.45) is 0 Å². The van der Waals surface area contributed by atoms with Gasteiger partial charge in [0.25, 0.3) is 0 Å². The summed E-state index contributed by atoms with van der Waals surface area (Å²) in [5, 5.41) is 43.1. The number of phenols is 2. The van der Waals surface area contributed by atoms with Crippen molar-refractivity contribution in [1.82, 2.24) is 0 Å². The fraction of sp³-hybridized carbons (Fsp3) is 0.588. The Labute approximate surface area is 260 Å². The SMILES string of the molecule is CCC(C)(C)c1cc(C(=O)[O-])c(O)c(C(C)(C)CC)c1.CCC(C)(C)c1cc(C(=O)[O-])c(O)c(C(C)(C)CC)c1.[Zn+2]. The minimum atomic E-state index is -1.33. The van der Waals surface area contributed by atoms with Gasteiger partial charge in [0, 0.05) is 22.3 Å². The molecule has 0 radical (unpaired) electrons. The predicted octanol–water partition coefficient (Wildman–Crippen LogP) is 6.26. The summed E-state index contributed by atoms with van der Waals surface area (Å²) >= 11 is 0. The van der Waals surface area contributed by atoms with Gasteiger partial charge in [0.2, 0.25) is 0 Å². The second-order valence-corrected chi connectivity index (χ2v) is 13.4. The predicted molar refractivity (Wildman–Crippen MR) is 158 cm³/mol. The van der Waals surface area contributed by atoms with E-state index < -0.39 is 11.9 Å². The van der Waals surface area contributed by atoms with E-state index in [0.717, 1.165) is 36.8 Å². The molecule has 2 aromatic rings. The van der Waals surface area contributed by atoms with Crippen LogP contribution in [0.3, 0.4) is 0 Å². The van der Waals surface area contributed by atoms with Crippen LogP contribution in [-0.4, -0.2) is 22.2 Å². The van der Waals surface area contributed by atoms with E-state index in [9.17, 15) is 30.0 Å². The van der Waals surface area contributed by atoms with Crippen molar-refractivity contribution in [3.63, 3.8) is 0 Å². The van der Waals surface area contributed by atoms with Gasteiger partial charge < -0.3 is 30.0 Å². The van der Waals surface area contributed by atoms with Gasteiger partial charge in [-0.1, -0.05) is 95.2 Å². The molecule has 0 saturated heterocycles. The summed E-state index contributed by atoms with van der Waals surface area (Å²) in [5.41, 5.74) is 2.13. The van der Waals surface area contributed by atoms with Gasteiger partial charge in [0.05, 0.1) is 11.9 Å². The number of hydrogen-bond donors (Lipinski definition) is 2. The van der Waals surface area contributed by atoms with Gasteiger partial charge >= 0.3 is 19.5 Å². The Bertz CT molecular complexity index is 1130. The molecule has 2 rings (SSSR count). The number of hydrogen-bond acceptors (Lipinski definition) is 6. The van der Waals surface area contributed by atoms with Crippen LogP contribution in [-0.2, 0) is 41.1 Å². The molecule has 0 saturated carbocycles. The molecular formula is C34H50O6Zn. The molecule has 0 spiro atoms. The van der Waals surface area contributed by atoms with Crippen LogP contribution in [0.2, 0.25) is 0 Å². The quantitative estimate of drug-likeness (QED) is 0.303. The monoisotopic (exact) mass is 618 g/mol. The minimum absolute atomic E-state index is 0. The Balaban J connectivity index is 0.000000762. The van der Waals surface area contributed by atoms with Crippen molar-refractivity contribution in [1.29, 1.82) is 0 Å². The van der Waals surface area contributed by atoms with E-state index in [0.29, 0.717) is 11.1 Å². The zero-order chi connectivity index (χ0) is 31.4. The molecule has 0 aliphatic heterocycles. The average Bonchev–Trinajstić information content (AvgIpc) is 2.88. The third kappa shape index (κ3) is 8.80. The summed E-state index contributed by atoms with van der Waals surface area (Å²) in [4.78, 5) is 22.6. The number of carbonyl (C=O) groups excluding carboxylic acids is 2. The van der Waals surface area contributed by atoms with Crippen LogP contribution in [0.25, 0.3) is 0 Å². The van der Waals surface area contributed by atoms with Crippen molar-refractivity contribution in [2.45, 2.75) is 130 Å². The van der Waals surface area contributed by atoms with Crippen molar-refractivity contribution in [2.75, 3.05) is 0 Å². The molecule has 6 nitrogen and oxygen atoms in total. The summed E-state index contributed by atoms with van der Waals surface area (Å²) in [7, 11) is 0. The zero-order valence-corrected chi connectivity index (χ0v) is 30.3. The van der Waals surface area contributed by atoms with Gasteiger partial charge in [0.1, 0.15) is 11.5 Å². The second-order valence-electron chi connectivity index (χ2n) is 13.4. The number of aromatic carboxylic acids is 2. The van der Waals surface area contributed by atoms with E-state index in [4.69, 9.17) is 0 Å². The van der Waals surface area contributed by atoms with Crippen molar-refractivity contribution < 1.29 is 49.5 Å². The standard InChI is InChI=1S/2C17H26O3.Zn/c2*1-7-16(3,4)11-9-12(15(19)20)14(18)13(10-11)17(5,6)8-2;/h2*9-10,18H,7-8H2,1-6H3,(H,19,20);/q;;+2/p-2. The molecule has 2 aromatic carbocycles. The molecular weight excluding hydrogens is 570 g/mol. The summed E-state index contributed by atoms with van der Waals surface area (Å²) < 4.78 is 0. The Morgan fingerprint density at radius 1 is 0.561 bits per heavy atom. The Hall–Kier alpha value is -2.40. The van der Waals surface area contributed by atoms with Crippen LogP contribution in [0.1, 0.15) is 152 Å². The maximum absolute atomic E-state index is 11.3. The third-order valence-electron chi connectivity index (χ3n) is 9.22. The van der Waals surface area contributed by atoms with E-state index in [-0.39, 0.29) is 63.8 Å². The van der Waals surface area contributed by atoms with E-state index >= 15 is 0 Å². The summed E-state index contributed by atoms with van der Waals surface area (Å²) in [5.74, 6) is -2.98. The summed E-state index contributed by atoms with van der Waals surface area (Å²) in [6, 6.07) is 6.97. The number of benzene rings is 2. The maximum atomic E-state index is 11.3. The van der Waals surface area contributed by atoms with E-state index in [1.165, 1.54) is 0 Å². The maximum Gasteiger partial charge on any atom is 2.00 e. The summed E-state index contributed by atoms with van der Waals surface area (Å²) in [6.07, 6.45) is 3.39. The van der Waals surface area contributed by atoms with Crippen LogP contribution < -0.4 is 10.2 Å². The Morgan fingerprint density at radius 2 is 0.805 bits per heavy atom. The molecule has 0 aliphatic rings. The Morgan fingerprint density at radius 3 is 1.00 bits per heavy atom. The van der Waals surface area contributed by atoms with Gasteiger partial charge in [-0.15, -0.1) is 0 Å². The van der Waals surface area contributed by atoms with Crippen LogP contribution in [0.4, 0.5) is 0 Å². The molecule has 0 aliphatic carbocycles. The van der Waals surface area contributed by atoms with Crippen molar-refractivity contribution in [3.05, 3.63) is 57.6 Å². The van der Waals surface area contributed by atoms with Crippen LogP contribution in [0.15, 0.2) is 24.3 Å². The van der Waals surface area contributed by atoms with E-state index in [1.807, 2.05) is 53.7 Å². The molecule has 7 heteroatoms. The second kappa shape index (κ2) is 14.2. The zero-order valence-electron chi connectivity index (χ0n) is 27.4. The first kappa shape index (κ1) is 38.6. The Kier molecular flexibility index (Phi) is 13.4. The van der Waals surface area contributed by atoms with Gasteiger partial charge in [0.15, 0.2) is 0 Å². The molecule has 0 fully saturated rings. The molecule has 0 amide bonds. The van der Waals surface area contributed by atoms with E-state index in [2.05, 4.69) is 41.5 Å². The van der Waals surface area contributed by atoms with Crippen molar-refractivity contribution >= 4 is 11.9 Å². The van der Waals surface area contributed by atoms with E-state index in [1.54, 1.807) is 12.1 Å². The fourth-order valence-corrected chi connectivity index (χ4v) is 4.18. The number of carboxylic acid groups (broad SMARTS) is 2. The first-order valence-corrected chi connectivity index (χ1v) is 14.3. The number of aromatic hydroxyl groups is 2. The van der Waals surface area contributed by atoms with Gasteiger partial charge in [-0.05, 0) is 70.6 Å². The molecule has 0 bridgehead atoms. The molecule has 2 N–H and O–H groups in total.